The van der Waals surface area contributed by atoms with Crippen LogP contribution in [0.25, 0.3) is 5.57 Å². The molecule has 1 heterocycles. The summed E-state index contributed by atoms with van der Waals surface area (Å²) in [4.78, 5) is 0. The van der Waals surface area contributed by atoms with Gasteiger partial charge in [-0.25, -0.2) is 0 Å². The predicted molar refractivity (Wildman–Crippen MR) is 53.6 cm³/mol. The van der Waals surface area contributed by atoms with Crippen LogP contribution in [-0.2, 0) is 0 Å². The predicted octanol–water partition coefficient (Wildman–Crippen LogP) is 1.77. The van der Waals surface area contributed by atoms with Gasteiger partial charge < -0.3 is 10.4 Å². The molecule has 2 heteroatoms. The maximum atomic E-state index is 9.30. The maximum absolute atomic E-state index is 9.30. The third kappa shape index (κ3) is 1.90. The second-order valence-corrected chi connectivity index (χ2v) is 3.25. The lowest BCUT2D eigenvalue weighted by molar-refractivity contribution is 0.475. The quantitative estimate of drug-likeness (QED) is 0.681. The number of phenols is 1. The van der Waals surface area contributed by atoms with Gasteiger partial charge in [0.25, 0.3) is 0 Å². The molecule has 0 aliphatic carbocycles. The van der Waals surface area contributed by atoms with Crippen LogP contribution in [0.2, 0.25) is 0 Å². The molecule has 1 aromatic rings. The van der Waals surface area contributed by atoms with E-state index in [2.05, 4.69) is 11.4 Å². The highest BCUT2D eigenvalue weighted by Gasteiger charge is 2.05. The van der Waals surface area contributed by atoms with Crippen LogP contribution >= 0.6 is 0 Å². The Bertz CT molecular complexity index is 331. The van der Waals surface area contributed by atoms with E-state index in [0.717, 1.165) is 25.1 Å². The van der Waals surface area contributed by atoms with Gasteiger partial charge in [-0.05, 0) is 36.2 Å². The summed E-state index contributed by atoms with van der Waals surface area (Å²) in [5.74, 6) is 0.337. The minimum absolute atomic E-state index is 0.337. The molecule has 0 radical (unpaired) electrons. The summed E-state index contributed by atoms with van der Waals surface area (Å²) >= 11 is 0. The first-order chi connectivity index (χ1) is 6.36. The van der Waals surface area contributed by atoms with Crippen molar-refractivity contribution in [1.82, 2.24) is 5.32 Å². The van der Waals surface area contributed by atoms with Gasteiger partial charge in [-0.15, -0.1) is 0 Å². The van der Waals surface area contributed by atoms with Crippen molar-refractivity contribution in [2.45, 2.75) is 6.42 Å². The lowest BCUT2D eigenvalue weighted by atomic mass is 10.0. The van der Waals surface area contributed by atoms with Crippen molar-refractivity contribution < 1.29 is 5.11 Å². The topological polar surface area (TPSA) is 32.3 Å². The van der Waals surface area contributed by atoms with Gasteiger partial charge >= 0.3 is 0 Å². The van der Waals surface area contributed by atoms with Crippen LogP contribution in [0.15, 0.2) is 30.3 Å². The third-order valence-corrected chi connectivity index (χ3v) is 2.24. The largest absolute Gasteiger partial charge is 0.508 e. The Balaban J connectivity index is 2.29. The van der Waals surface area contributed by atoms with E-state index in [1.54, 1.807) is 12.1 Å². The molecule has 0 amide bonds. The Labute approximate surface area is 77.9 Å². The third-order valence-electron chi connectivity index (χ3n) is 2.24. The highest BCUT2D eigenvalue weighted by Crippen LogP contribution is 2.20. The average molecular weight is 175 g/mol. The van der Waals surface area contributed by atoms with Gasteiger partial charge in [-0.3, -0.25) is 0 Å². The number of aromatic hydroxyl groups is 1. The molecule has 2 N–H and O–H groups in total. The maximum Gasteiger partial charge on any atom is 0.116 e. The van der Waals surface area contributed by atoms with Crippen molar-refractivity contribution >= 4 is 5.57 Å². The average Bonchev–Trinajstić information content (AvgIpc) is 2.19. The molecule has 68 valence electrons. The van der Waals surface area contributed by atoms with Gasteiger partial charge in [0, 0.05) is 6.54 Å². The molecule has 0 saturated carbocycles. The molecule has 1 aliphatic heterocycles. The van der Waals surface area contributed by atoms with Crippen LogP contribution in [-0.4, -0.2) is 18.2 Å². The Kier molecular flexibility index (Phi) is 2.32. The molecule has 1 aromatic carbocycles. The number of phenolic OH excluding ortho intramolecular Hbond substituents is 1. The fraction of sp³-hybridized carbons (Fsp3) is 0.273. The van der Waals surface area contributed by atoms with Crippen molar-refractivity contribution in [2.24, 2.45) is 0 Å². The second kappa shape index (κ2) is 3.62. The van der Waals surface area contributed by atoms with Gasteiger partial charge in [0.05, 0.1) is 0 Å². The van der Waals surface area contributed by atoms with Crippen molar-refractivity contribution in [3.63, 3.8) is 0 Å². The smallest absolute Gasteiger partial charge is 0.116 e. The fourth-order valence-corrected chi connectivity index (χ4v) is 1.57. The molecule has 0 aromatic heterocycles. The van der Waals surface area contributed by atoms with E-state index >= 15 is 0 Å². The van der Waals surface area contributed by atoms with Crippen molar-refractivity contribution in [2.75, 3.05) is 13.1 Å². The number of rotatable bonds is 1. The van der Waals surface area contributed by atoms with E-state index in [1.165, 1.54) is 5.57 Å². The summed E-state index contributed by atoms with van der Waals surface area (Å²) in [7, 11) is 0. The zero-order valence-electron chi connectivity index (χ0n) is 7.46. The molecule has 13 heavy (non-hydrogen) atoms. The van der Waals surface area contributed by atoms with Crippen molar-refractivity contribution in [3.05, 3.63) is 35.9 Å². The highest BCUT2D eigenvalue weighted by molar-refractivity contribution is 5.68. The number of nitrogens with one attached hydrogen (secondary N) is 1. The summed E-state index contributed by atoms with van der Waals surface area (Å²) in [6, 6.07) is 7.40. The molecule has 0 fully saturated rings. The summed E-state index contributed by atoms with van der Waals surface area (Å²) in [6.07, 6.45) is 3.30. The second-order valence-electron chi connectivity index (χ2n) is 3.25. The van der Waals surface area contributed by atoms with Gasteiger partial charge in [-0.2, -0.15) is 0 Å². The zero-order valence-corrected chi connectivity index (χ0v) is 7.46. The lowest BCUT2D eigenvalue weighted by Crippen LogP contribution is -2.21. The lowest BCUT2D eigenvalue weighted by Gasteiger charge is -2.14. The Morgan fingerprint density at radius 2 is 2.23 bits per heavy atom. The van der Waals surface area contributed by atoms with Crippen LogP contribution in [0, 0.1) is 0 Å². The number of hydrogen-bond acceptors (Lipinski definition) is 2. The normalized spacial score (nSPS) is 16.8. The summed E-state index contributed by atoms with van der Waals surface area (Å²) in [5.41, 5.74) is 2.40. The molecular formula is C11H13NO. The van der Waals surface area contributed by atoms with E-state index in [9.17, 15) is 5.11 Å². The standard InChI is InChI=1S/C11H13NO/c13-11-5-1-3-9(7-11)10-4-2-6-12-8-10/h1,3-5,7,12-13H,2,6,8H2. The molecule has 1 aliphatic rings. The fourth-order valence-electron chi connectivity index (χ4n) is 1.57. The van der Waals surface area contributed by atoms with E-state index < -0.39 is 0 Å². The van der Waals surface area contributed by atoms with E-state index in [4.69, 9.17) is 0 Å². The molecule has 0 spiro atoms. The highest BCUT2D eigenvalue weighted by atomic mass is 16.3. The molecule has 0 bridgehead atoms. The van der Waals surface area contributed by atoms with Gasteiger partial charge in [0.1, 0.15) is 5.75 Å². The number of benzene rings is 1. The Morgan fingerprint density at radius 3 is 2.92 bits per heavy atom. The van der Waals surface area contributed by atoms with Crippen LogP contribution < -0.4 is 5.32 Å². The zero-order chi connectivity index (χ0) is 9.10. The minimum Gasteiger partial charge on any atom is -0.508 e. The van der Waals surface area contributed by atoms with Gasteiger partial charge in [-0.1, -0.05) is 18.2 Å². The van der Waals surface area contributed by atoms with Crippen LogP contribution in [0.4, 0.5) is 0 Å². The number of hydrogen-bond donors (Lipinski definition) is 2. The Hall–Kier alpha value is -1.28. The SMILES string of the molecule is Oc1cccc(C2=CCCNC2)c1. The van der Waals surface area contributed by atoms with Gasteiger partial charge in [0.15, 0.2) is 0 Å². The minimum atomic E-state index is 0.337. The molecule has 0 atom stereocenters. The van der Waals surface area contributed by atoms with Gasteiger partial charge in [0.2, 0.25) is 0 Å². The van der Waals surface area contributed by atoms with Crippen molar-refractivity contribution in [1.29, 1.82) is 0 Å². The van der Waals surface area contributed by atoms with Crippen LogP contribution in [0.1, 0.15) is 12.0 Å². The summed E-state index contributed by atoms with van der Waals surface area (Å²) in [5, 5.41) is 12.6. The molecule has 0 unspecified atom stereocenters. The molecule has 0 saturated heterocycles. The van der Waals surface area contributed by atoms with Crippen LogP contribution in [0.5, 0.6) is 5.75 Å². The summed E-state index contributed by atoms with van der Waals surface area (Å²) in [6.45, 7) is 1.96. The monoisotopic (exact) mass is 175 g/mol. The summed E-state index contributed by atoms with van der Waals surface area (Å²) < 4.78 is 0. The molecular weight excluding hydrogens is 162 g/mol. The van der Waals surface area contributed by atoms with E-state index in [0.29, 0.717) is 5.75 Å². The molecule has 2 rings (SSSR count). The first kappa shape index (κ1) is 8.32. The Morgan fingerprint density at radius 1 is 1.31 bits per heavy atom. The van der Waals surface area contributed by atoms with E-state index in [1.807, 2.05) is 12.1 Å². The first-order valence-electron chi connectivity index (χ1n) is 4.55. The van der Waals surface area contributed by atoms with Crippen LogP contribution in [0.3, 0.4) is 0 Å². The molecule has 2 nitrogen and oxygen atoms in total. The first-order valence-corrected chi connectivity index (χ1v) is 4.55. The van der Waals surface area contributed by atoms with E-state index in [-0.39, 0.29) is 0 Å². The van der Waals surface area contributed by atoms with Crippen molar-refractivity contribution in [3.8, 4) is 5.75 Å².